The molecular formula is C16H17ClN2O3. The zero-order chi connectivity index (χ0) is 15.7. The number of hydrogen-bond acceptors (Lipinski definition) is 3. The van der Waals surface area contributed by atoms with Gasteiger partial charge in [0.05, 0.1) is 11.3 Å². The molecule has 0 aliphatic carbocycles. The Morgan fingerprint density at radius 2 is 2.14 bits per heavy atom. The first-order valence-corrected chi connectivity index (χ1v) is 7.61. The number of H-pyrrole nitrogens is 1. The van der Waals surface area contributed by atoms with E-state index in [9.17, 15) is 4.79 Å². The quantitative estimate of drug-likeness (QED) is 0.905. The van der Waals surface area contributed by atoms with Crippen LogP contribution in [0.15, 0.2) is 18.2 Å². The summed E-state index contributed by atoms with van der Waals surface area (Å²) in [7, 11) is 0. The normalized spacial score (nSPS) is 15.9. The van der Waals surface area contributed by atoms with Gasteiger partial charge in [-0.2, -0.15) is 0 Å². The van der Waals surface area contributed by atoms with Gasteiger partial charge < -0.3 is 14.8 Å². The van der Waals surface area contributed by atoms with Crippen molar-refractivity contribution in [3.05, 3.63) is 40.3 Å². The number of nitrogens with one attached hydrogen (secondary N) is 1. The van der Waals surface area contributed by atoms with Crippen molar-refractivity contribution in [2.24, 2.45) is 0 Å². The molecule has 0 atom stereocenters. The van der Waals surface area contributed by atoms with Crippen LogP contribution in [0.25, 0.3) is 11.3 Å². The molecule has 0 bridgehead atoms. The summed E-state index contributed by atoms with van der Waals surface area (Å²) in [5.41, 5.74) is 2.65. The number of ether oxygens (including phenoxy) is 1. The fourth-order valence-electron chi connectivity index (χ4n) is 2.74. The highest BCUT2D eigenvalue weighted by Gasteiger charge is 2.22. The maximum Gasteiger partial charge on any atom is 0.335 e. The van der Waals surface area contributed by atoms with Crippen LogP contribution in [0.2, 0.25) is 5.15 Å². The molecule has 1 aromatic heterocycles. The molecule has 1 aliphatic heterocycles. The highest BCUT2D eigenvalue weighted by Crippen LogP contribution is 2.33. The van der Waals surface area contributed by atoms with Gasteiger partial charge in [0, 0.05) is 24.7 Å². The van der Waals surface area contributed by atoms with Gasteiger partial charge in [0.2, 0.25) is 0 Å². The van der Waals surface area contributed by atoms with Crippen molar-refractivity contribution in [2.45, 2.75) is 25.7 Å². The Balaban J connectivity index is 1.99. The summed E-state index contributed by atoms with van der Waals surface area (Å²) in [5, 5.41) is 9.53. The van der Waals surface area contributed by atoms with E-state index in [4.69, 9.17) is 21.4 Å². The lowest BCUT2D eigenvalue weighted by atomic mass is 10.00. The topological polar surface area (TPSA) is 75.2 Å². The predicted molar refractivity (Wildman–Crippen MR) is 83.5 cm³/mol. The SMILES string of the molecule is Cc1ccc(C(=O)O)cc1-c1[nH]c(C2CCOCC2)nc1Cl. The molecule has 1 aromatic carbocycles. The van der Waals surface area contributed by atoms with Crippen LogP contribution in [0, 0.1) is 6.92 Å². The number of aromatic amines is 1. The Bertz CT molecular complexity index is 705. The monoisotopic (exact) mass is 320 g/mol. The molecule has 1 aliphatic rings. The third-order valence-corrected chi connectivity index (χ3v) is 4.31. The summed E-state index contributed by atoms with van der Waals surface area (Å²) >= 11 is 6.28. The number of benzene rings is 1. The van der Waals surface area contributed by atoms with Crippen molar-refractivity contribution in [1.82, 2.24) is 9.97 Å². The van der Waals surface area contributed by atoms with Gasteiger partial charge in [0.25, 0.3) is 0 Å². The first-order valence-electron chi connectivity index (χ1n) is 7.23. The molecule has 5 nitrogen and oxygen atoms in total. The third-order valence-electron chi connectivity index (χ3n) is 4.04. The van der Waals surface area contributed by atoms with Crippen LogP contribution in [-0.4, -0.2) is 34.3 Å². The molecule has 116 valence electrons. The number of nitrogens with zero attached hydrogens (tertiary/aromatic N) is 1. The molecule has 6 heteroatoms. The number of aromatic nitrogens is 2. The molecule has 0 spiro atoms. The fourth-order valence-corrected chi connectivity index (χ4v) is 2.98. The maximum atomic E-state index is 11.2. The van der Waals surface area contributed by atoms with Crippen LogP contribution in [-0.2, 0) is 4.74 Å². The van der Waals surface area contributed by atoms with Crippen LogP contribution in [0.1, 0.15) is 40.5 Å². The molecule has 0 radical (unpaired) electrons. The Kier molecular flexibility index (Phi) is 4.18. The number of rotatable bonds is 3. The van der Waals surface area contributed by atoms with Gasteiger partial charge in [0.1, 0.15) is 5.82 Å². The third kappa shape index (κ3) is 2.87. The van der Waals surface area contributed by atoms with E-state index in [-0.39, 0.29) is 5.56 Å². The summed E-state index contributed by atoms with van der Waals surface area (Å²) in [5.74, 6) is 0.202. The zero-order valence-electron chi connectivity index (χ0n) is 12.2. The summed E-state index contributed by atoms with van der Waals surface area (Å²) < 4.78 is 5.36. The molecule has 0 saturated carbocycles. The first kappa shape index (κ1) is 15.1. The van der Waals surface area contributed by atoms with Gasteiger partial charge in [0.15, 0.2) is 5.15 Å². The van der Waals surface area contributed by atoms with E-state index in [0.29, 0.717) is 16.8 Å². The molecule has 0 unspecified atom stereocenters. The fraction of sp³-hybridized carbons (Fsp3) is 0.375. The number of aromatic carboxylic acids is 1. The van der Waals surface area contributed by atoms with E-state index in [2.05, 4.69) is 9.97 Å². The van der Waals surface area contributed by atoms with Gasteiger partial charge in [-0.15, -0.1) is 0 Å². The van der Waals surface area contributed by atoms with Gasteiger partial charge in [-0.1, -0.05) is 17.7 Å². The summed E-state index contributed by atoms with van der Waals surface area (Å²) in [6.45, 7) is 3.38. The highest BCUT2D eigenvalue weighted by atomic mass is 35.5. The molecule has 1 fully saturated rings. The Morgan fingerprint density at radius 3 is 2.82 bits per heavy atom. The number of carboxylic acid groups (broad SMARTS) is 1. The average Bonchev–Trinajstić information content (AvgIpc) is 2.90. The summed E-state index contributed by atoms with van der Waals surface area (Å²) in [6.07, 6.45) is 1.83. The van der Waals surface area contributed by atoms with E-state index in [0.717, 1.165) is 43.0 Å². The average molecular weight is 321 g/mol. The standard InChI is InChI=1S/C16H17ClN2O3/c1-9-2-3-11(16(20)21)8-12(9)13-14(17)19-15(18-13)10-4-6-22-7-5-10/h2-3,8,10H,4-7H2,1H3,(H,18,19)(H,20,21). The van der Waals surface area contributed by atoms with Crippen molar-refractivity contribution in [3.8, 4) is 11.3 Å². The lowest BCUT2D eigenvalue weighted by Gasteiger charge is -2.19. The largest absolute Gasteiger partial charge is 0.478 e. The number of aryl methyl sites for hydroxylation is 1. The predicted octanol–water partition coefficient (Wildman–Crippen LogP) is 3.63. The van der Waals surface area contributed by atoms with Gasteiger partial charge >= 0.3 is 5.97 Å². The van der Waals surface area contributed by atoms with Crippen molar-refractivity contribution in [1.29, 1.82) is 0 Å². The van der Waals surface area contributed by atoms with Crippen LogP contribution in [0.3, 0.4) is 0 Å². The molecule has 2 N–H and O–H groups in total. The second-order valence-corrected chi connectivity index (χ2v) is 5.87. The molecular weight excluding hydrogens is 304 g/mol. The van der Waals surface area contributed by atoms with Gasteiger partial charge in [-0.3, -0.25) is 0 Å². The van der Waals surface area contributed by atoms with E-state index < -0.39 is 5.97 Å². The lowest BCUT2D eigenvalue weighted by molar-refractivity contribution is 0.0697. The Morgan fingerprint density at radius 1 is 1.41 bits per heavy atom. The number of carbonyl (C=O) groups is 1. The highest BCUT2D eigenvalue weighted by molar-refractivity contribution is 6.32. The van der Waals surface area contributed by atoms with Crippen LogP contribution in [0.4, 0.5) is 0 Å². The van der Waals surface area contributed by atoms with E-state index in [1.165, 1.54) is 0 Å². The maximum absolute atomic E-state index is 11.2. The second kappa shape index (κ2) is 6.10. The zero-order valence-corrected chi connectivity index (χ0v) is 13.0. The molecule has 22 heavy (non-hydrogen) atoms. The number of imidazole rings is 1. The Labute approximate surface area is 133 Å². The van der Waals surface area contributed by atoms with Crippen LogP contribution in [0.5, 0.6) is 0 Å². The summed E-state index contributed by atoms with van der Waals surface area (Å²) in [4.78, 5) is 18.9. The minimum atomic E-state index is -0.957. The summed E-state index contributed by atoms with van der Waals surface area (Å²) in [6, 6.07) is 5.00. The minimum absolute atomic E-state index is 0.235. The molecule has 2 aromatic rings. The minimum Gasteiger partial charge on any atom is -0.478 e. The van der Waals surface area contributed by atoms with Crippen molar-refractivity contribution in [2.75, 3.05) is 13.2 Å². The van der Waals surface area contributed by atoms with Crippen LogP contribution < -0.4 is 0 Å². The molecule has 2 heterocycles. The van der Waals surface area contributed by atoms with Gasteiger partial charge in [-0.25, -0.2) is 9.78 Å². The molecule has 3 rings (SSSR count). The second-order valence-electron chi connectivity index (χ2n) is 5.51. The molecule has 0 amide bonds. The Hall–Kier alpha value is -1.85. The smallest absolute Gasteiger partial charge is 0.335 e. The van der Waals surface area contributed by atoms with Crippen molar-refractivity contribution in [3.63, 3.8) is 0 Å². The number of carboxylic acids is 1. The number of halogens is 1. The van der Waals surface area contributed by atoms with E-state index >= 15 is 0 Å². The first-order chi connectivity index (χ1) is 10.6. The van der Waals surface area contributed by atoms with Crippen molar-refractivity contribution < 1.29 is 14.6 Å². The number of hydrogen-bond donors (Lipinski definition) is 2. The lowest BCUT2D eigenvalue weighted by Crippen LogP contribution is -2.15. The molecule has 1 saturated heterocycles. The van der Waals surface area contributed by atoms with E-state index in [1.807, 2.05) is 6.92 Å². The van der Waals surface area contributed by atoms with Crippen molar-refractivity contribution >= 4 is 17.6 Å². The van der Waals surface area contributed by atoms with Crippen LogP contribution >= 0.6 is 11.6 Å². The van der Waals surface area contributed by atoms with E-state index in [1.54, 1.807) is 18.2 Å². The van der Waals surface area contributed by atoms with Gasteiger partial charge in [-0.05, 0) is 37.5 Å².